The Morgan fingerprint density at radius 1 is 1.18 bits per heavy atom. The van der Waals surface area contributed by atoms with Crippen LogP contribution < -0.4 is 15.5 Å². The number of aromatic nitrogens is 3. The fourth-order valence-corrected chi connectivity index (χ4v) is 4.88. The predicted octanol–water partition coefficient (Wildman–Crippen LogP) is 4.95. The summed E-state index contributed by atoms with van der Waals surface area (Å²) in [7, 11) is 0. The molecule has 1 aliphatic heterocycles. The zero-order valence-electron chi connectivity index (χ0n) is 19.1. The molecule has 2 aromatic heterocycles. The number of nitrogens with one attached hydrogen (secondary N) is 2. The molecule has 0 bridgehead atoms. The summed E-state index contributed by atoms with van der Waals surface area (Å²) in [5.41, 5.74) is 1.50. The van der Waals surface area contributed by atoms with Crippen molar-refractivity contribution in [2.75, 3.05) is 54.1 Å². The molecule has 34 heavy (non-hydrogen) atoms. The van der Waals surface area contributed by atoms with Gasteiger partial charge in [0.05, 0.1) is 16.9 Å². The van der Waals surface area contributed by atoms with E-state index in [-0.39, 0.29) is 5.91 Å². The Bertz CT molecular complexity index is 1130. The van der Waals surface area contributed by atoms with Crippen LogP contribution in [-0.2, 0) is 0 Å². The van der Waals surface area contributed by atoms with Crippen LogP contribution in [0.5, 0.6) is 0 Å². The number of hydrogen-bond donors (Lipinski definition) is 2. The van der Waals surface area contributed by atoms with Crippen LogP contribution in [-0.4, -0.2) is 64.4 Å². The third-order valence-corrected chi connectivity index (χ3v) is 7.05. The molecule has 1 fully saturated rings. The zero-order chi connectivity index (χ0) is 24.1. The molecular weight excluding hydrogens is 493 g/mol. The van der Waals surface area contributed by atoms with Crippen LogP contribution in [0.15, 0.2) is 30.5 Å². The number of anilines is 4. The number of piperazine rings is 1. The van der Waals surface area contributed by atoms with Crippen LogP contribution in [0.1, 0.15) is 27.5 Å². The van der Waals surface area contributed by atoms with Gasteiger partial charge in [0.25, 0.3) is 5.91 Å². The molecule has 8 nitrogen and oxygen atoms in total. The van der Waals surface area contributed by atoms with Crippen LogP contribution in [0.25, 0.3) is 0 Å². The van der Waals surface area contributed by atoms with Gasteiger partial charge in [0.15, 0.2) is 5.13 Å². The number of nitrogens with zero attached hydrogens (tertiary/aromatic N) is 5. The minimum atomic E-state index is -0.256. The van der Waals surface area contributed by atoms with Crippen molar-refractivity contribution in [1.29, 1.82) is 0 Å². The minimum absolute atomic E-state index is 0.256. The number of hydrogen-bond acceptors (Lipinski definition) is 8. The minimum Gasteiger partial charge on any atom is -0.354 e. The molecule has 4 rings (SSSR count). The van der Waals surface area contributed by atoms with E-state index in [4.69, 9.17) is 23.2 Å². The highest BCUT2D eigenvalue weighted by Gasteiger charge is 2.19. The Morgan fingerprint density at radius 2 is 1.97 bits per heavy atom. The average Bonchev–Trinajstić information content (AvgIpc) is 3.28. The van der Waals surface area contributed by atoms with Gasteiger partial charge in [-0.05, 0) is 38.4 Å². The maximum Gasteiger partial charge on any atom is 0.267 e. The molecule has 0 atom stereocenters. The second-order valence-corrected chi connectivity index (χ2v) is 9.89. The van der Waals surface area contributed by atoms with Crippen molar-refractivity contribution in [3.05, 3.63) is 51.7 Å². The highest BCUT2D eigenvalue weighted by molar-refractivity contribution is 7.17. The van der Waals surface area contributed by atoms with Crippen molar-refractivity contribution >= 4 is 62.9 Å². The van der Waals surface area contributed by atoms with E-state index >= 15 is 0 Å². The third kappa shape index (κ3) is 6.15. The van der Waals surface area contributed by atoms with E-state index in [1.165, 1.54) is 11.3 Å². The number of para-hydroxylation sites is 1. The van der Waals surface area contributed by atoms with Crippen LogP contribution in [0.4, 0.5) is 22.5 Å². The van der Waals surface area contributed by atoms with E-state index in [1.807, 2.05) is 32.0 Å². The fourth-order valence-electron chi connectivity index (χ4n) is 3.77. The first-order valence-corrected chi connectivity index (χ1v) is 12.8. The number of aryl methyl sites for hydroxylation is 2. The molecule has 3 aromatic rings. The lowest BCUT2D eigenvalue weighted by molar-refractivity contribution is 0.103. The molecular formula is C23H27Cl2N7OS. The number of benzene rings is 1. The molecule has 0 saturated carbocycles. The van der Waals surface area contributed by atoms with Crippen LogP contribution >= 0.6 is 34.5 Å². The Labute approximate surface area is 213 Å². The predicted molar refractivity (Wildman–Crippen MR) is 140 cm³/mol. The molecule has 2 N–H and O–H groups in total. The Kier molecular flexibility index (Phi) is 8.20. The molecule has 0 unspecified atom stereocenters. The van der Waals surface area contributed by atoms with E-state index in [1.54, 1.807) is 12.3 Å². The lowest BCUT2D eigenvalue weighted by Gasteiger charge is -2.35. The molecule has 1 aromatic carbocycles. The number of rotatable bonds is 8. The average molecular weight is 520 g/mol. The van der Waals surface area contributed by atoms with Crippen LogP contribution in [0, 0.1) is 13.8 Å². The summed E-state index contributed by atoms with van der Waals surface area (Å²) < 4.78 is 0. The SMILES string of the molecule is Cc1nc(Nc2ncc(C(=O)Nc3c(C)cccc3Cl)s2)cc(N2CCN(CCCCl)CC2)n1. The standard InChI is InChI=1S/C23H27Cl2N7OS/c1-15-5-3-6-17(25)21(15)30-22(33)18-14-26-23(34-18)29-19-13-20(28-16(2)27-19)32-11-9-31(10-12-32)8-4-7-24/h3,5-6,13-14H,4,7-12H2,1-2H3,(H,30,33)(H,26,27,28,29). The smallest absolute Gasteiger partial charge is 0.267 e. The molecule has 180 valence electrons. The van der Waals surface area contributed by atoms with Crippen molar-refractivity contribution in [2.45, 2.75) is 20.3 Å². The van der Waals surface area contributed by atoms with Gasteiger partial charge in [-0.1, -0.05) is 35.1 Å². The number of amides is 1. The van der Waals surface area contributed by atoms with Gasteiger partial charge in [0.2, 0.25) is 0 Å². The second-order valence-electron chi connectivity index (χ2n) is 8.07. The summed E-state index contributed by atoms with van der Waals surface area (Å²) in [5.74, 6) is 2.65. The quantitative estimate of drug-likeness (QED) is 0.407. The number of halogens is 2. The molecule has 1 saturated heterocycles. The highest BCUT2D eigenvalue weighted by atomic mass is 35.5. The zero-order valence-corrected chi connectivity index (χ0v) is 21.5. The topological polar surface area (TPSA) is 86.3 Å². The van der Waals surface area contributed by atoms with Gasteiger partial charge < -0.3 is 15.5 Å². The maximum absolute atomic E-state index is 12.7. The van der Waals surface area contributed by atoms with E-state index in [9.17, 15) is 4.79 Å². The summed E-state index contributed by atoms with van der Waals surface area (Å²) in [4.78, 5) is 31.4. The van der Waals surface area contributed by atoms with Gasteiger partial charge in [-0.3, -0.25) is 9.69 Å². The molecule has 1 amide bonds. The number of carbonyl (C=O) groups is 1. The summed E-state index contributed by atoms with van der Waals surface area (Å²) in [6.45, 7) is 8.58. The lowest BCUT2D eigenvalue weighted by atomic mass is 10.2. The molecule has 0 aliphatic carbocycles. The Hall–Kier alpha value is -2.46. The Morgan fingerprint density at radius 3 is 2.71 bits per heavy atom. The van der Waals surface area contributed by atoms with Crippen molar-refractivity contribution in [1.82, 2.24) is 19.9 Å². The van der Waals surface area contributed by atoms with E-state index in [0.29, 0.717) is 38.2 Å². The van der Waals surface area contributed by atoms with Gasteiger partial charge in [-0.15, -0.1) is 11.6 Å². The summed E-state index contributed by atoms with van der Waals surface area (Å²) >= 11 is 13.3. The van der Waals surface area contributed by atoms with E-state index < -0.39 is 0 Å². The number of carbonyl (C=O) groups excluding carboxylic acids is 1. The fraction of sp³-hybridized carbons (Fsp3) is 0.391. The second kappa shape index (κ2) is 11.3. The highest BCUT2D eigenvalue weighted by Crippen LogP contribution is 2.28. The van der Waals surface area contributed by atoms with Crippen molar-refractivity contribution in [3.63, 3.8) is 0 Å². The van der Waals surface area contributed by atoms with E-state index in [0.717, 1.165) is 50.5 Å². The largest absolute Gasteiger partial charge is 0.354 e. The Balaban J connectivity index is 1.41. The monoisotopic (exact) mass is 519 g/mol. The van der Waals surface area contributed by atoms with Gasteiger partial charge >= 0.3 is 0 Å². The number of alkyl halides is 1. The van der Waals surface area contributed by atoms with Crippen LogP contribution in [0.3, 0.4) is 0 Å². The normalized spacial score (nSPS) is 14.3. The van der Waals surface area contributed by atoms with Gasteiger partial charge in [0, 0.05) is 38.1 Å². The molecule has 0 radical (unpaired) electrons. The number of thiazole rings is 1. The molecule has 11 heteroatoms. The third-order valence-electron chi connectivity index (χ3n) is 5.55. The van der Waals surface area contributed by atoms with Gasteiger partial charge in [-0.2, -0.15) is 0 Å². The summed E-state index contributed by atoms with van der Waals surface area (Å²) in [6, 6.07) is 7.42. The lowest BCUT2D eigenvalue weighted by Crippen LogP contribution is -2.47. The van der Waals surface area contributed by atoms with E-state index in [2.05, 4.69) is 35.4 Å². The van der Waals surface area contributed by atoms with Gasteiger partial charge in [-0.25, -0.2) is 15.0 Å². The maximum atomic E-state index is 12.7. The first-order valence-electron chi connectivity index (χ1n) is 11.1. The summed E-state index contributed by atoms with van der Waals surface area (Å²) in [5, 5.41) is 7.18. The van der Waals surface area contributed by atoms with Crippen LogP contribution in [0.2, 0.25) is 5.02 Å². The van der Waals surface area contributed by atoms with Crippen molar-refractivity contribution in [2.24, 2.45) is 0 Å². The van der Waals surface area contributed by atoms with Crippen molar-refractivity contribution in [3.8, 4) is 0 Å². The summed E-state index contributed by atoms with van der Waals surface area (Å²) in [6.07, 6.45) is 2.55. The van der Waals surface area contributed by atoms with Crippen molar-refractivity contribution < 1.29 is 4.79 Å². The molecule has 1 aliphatic rings. The molecule has 0 spiro atoms. The first-order chi connectivity index (χ1) is 16.4. The van der Waals surface area contributed by atoms with Gasteiger partial charge in [0.1, 0.15) is 22.3 Å². The first kappa shape index (κ1) is 24.7. The molecule has 3 heterocycles.